The van der Waals surface area contributed by atoms with E-state index in [1.165, 1.54) is 5.56 Å². The second-order valence-electron chi connectivity index (χ2n) is 7.25. The van der Waals surface area contributed by atoms with Gasteiger partial charge in [-0.1, -0.05) is 19.1 Å². The van der Waals surface area contributed by atoms with E-state index >= 15 is 0 Å². The third kappa shape index (κ3) is 5.76. The number of carbonyl (C=O) groups excluding carboxylic acids is 1. The molecule has 0 saturated carbocycles. The summed E-state index contributed by atoms with van der Waals surface area (Å²) in [6, 6.07) is 6.14. The van der Waals surface area contributed by atoms with Crippen LogP contribution in [0.15, 0.2) is 18.2 Å². The molecule has 1 aliphatic rings. The predicted molar refractivity (Wildman–Crippen MR) is 96.7 cm³/mol. The van der Waals surface area contributed by atoms with Crippen molar-refractivity contribution >= 4 is 11.9 Å². The van der Waals surface area contributed by atoms with Gasteiger partial charge < -0.3 is 14.7 Å². The molecule has 1 saturated heterocycles. The van der Waals surface area contributed by atoms with Crippen molar-refractivity contribution in [3.8, 4) is 5.75 Å². The molecule has 0 aliphatic carbocycles. The Hall–Kier alpha value is -2.04. The highest BCUT2D eigenvalue weighted by Crippen LogP contribution is 2.23. The fraction of sp³-hybridized carbons (Fsp3) is 0.600. The Morgan fingerprint density at radius 1 is 1.24 bits per heavy atom. The maximum atomic E-state index is 12.3. The largest absolute Gasteiger partial charge is 0.493 e. The third-order valence-electron chi connectivity index (χ3n) is 4.75. The van der Waals surface area contributed by atoms with Crippen molar-refractivity contribution in [2.45, 2.75) is 46.5 Å². The molecule has 1 aromatic carbocycles. The van der Waals surface area contributed by atoms with Gasteiger partial charge in [-0.2, -0.15) is 0 Å². The van der Waals surface area contributed by atoms with Gasteiger partial charge >= 0.3 is 5.97 Å². The van der Waals surface area contributed by atoms with Crippen LogP contribution in [0.3, 0.4) is 0 Å². The lowest BCUT2D eigenvalue weighted by Crippen LogP contribution is -2.45. The van der Waals surface area contributed by atoms with Crippen molar-refractivity contribution in [2.24, 2.45) is 11.8 Å². The maximum Gasteiger partial charge on any atom is 0.308 e. The molecule has 1 N–H and O–H groups in total. The maximum absolute atomic E-state index is 12.3. The summed E-state index contributed by atoms with van der Waals surface area (Å²) in [5.41, 5.74) is 2.28. The van der Waals surface area contributed by atoms with Gasteiger partial charge in [0.15, 0.2) is 0 Å². The van der Waals surface area contributed by atoms with Crippen molar-refractivity contribution in [3.05, 3.63) is 29.3 Å². The first-order valence-electron chi connectivity index (χ1n) is 9.07. The first kappa shape index (κ1) is 19.3. The molecule has 2 rings (SSSR count). The first-order valence-corrected chi connectivity index (χ1v) is 9.07. The van der Waals surface area contributed by atoms with E-state index in [9.17, 15) is 14.7 Å². The molecule has 0 bridgehead atoms. The minimum absolute atomic E-state index is 0.0598. The van der Waals surface area contributed by atoms with Crippen LogP contribution < -0.4 is 4.74 Å². The van der Waals surface area contributed by atoms with E-state index < -0.39 is 11.9 Å². The SMILES string of the molecule is Cc1ccc(C)c(OCCCCC(=O)N2CC(C)CC(C(=O)O)C2)c1. The van der Waals surface area contributed by atoms with Crippen molar-refractivity contribution in [1.29, 1.82) is 0 Å². The molecule has 25 heavy (non-hydrogen) atoms. The average molecular weight is 347 g/mol. The summed E-state index contributed by atoms with van der Waals surface area (Å²) in [6.07, 6.45) is 2.68. The number of carboxylic acid groups (broad SMARTS) is 1. The van der Waals surface area contributed by atoms with Crippen LogP contribution in [-0.4, -0.2) is 41.6 Å². The minimum atomic E-state index is -0.800. The highest BCUT2D eigenvalue weighted by molar-refractivity contribution is 5.78. The second-order valence-corrected chi connectivity index (χ2v) is 7.25. The Morgan fingerprint density at radius 2 is 2.00 bits per heavy atom. The molecule has 0 radical (unpaired) electrons. The van der Waals surface area contributed by atoms with Crippen LogP contribution in [0.5, 0.6) is 5.75 Å². The number of amides is 1. The number of aliphatic carboxylic acids is 1. The van der Waals surface area contributed by atoms with Crippen LogP contribution in [-0.2, 0) is 9.59 Å². The number of hydrogen-bond donors (Lipinski definition) is 1. The standard InChI is InChI=1S/C20H29NO4/c1-14-7-8-16(3)18(11-14)25-9-5-4-6-19(22)21-12-15(2)10-17(13-21)20(23)24/h7-8,11,15,17H,4-6,9-10,12-13H2,1-3H3,(H,23,24). The quantitative estimate of drug-likeness (QED) is 0.768. The Morgan fingerprint density at radius 3 is 2.72 bits per heavy atom. The number of benzene rings is 1. The normalized spacial score (nSPS) is 20.4. The van der Waals surface area contributed by atoms with Gasteiger partial charge in [0.2, 0.25) is 5.91 Å². The topological polar surface area (TPSA) is 66.8 Å². The van der Waals surface area contributed by atoms with Gasteiger partial charge in [-0.05, 0) is 56.2 Å². The molecule has 2 atom stereocenters. The Labute approximate surface area is 150 Å². The summed E-state index contributed by atoms with van der Waals surface area (Å²) in [6.45, 7) is 7.67. The van der Waals surface area contributed by atoms with E-state index in [2.05, 4.69) is 6.07 Å². The molecule has 1 fully saturated rings. The highest BCUT2D eigenvalue weighted by atomic mass is 16.5. The number of aryl methyl sites for hydroxylation is 2. The van der Waals surface area contributed by atoms with Crippen LogP contribution in [0.4, 0.5) is 0 Å². The Balaban J connectivity index is 1.71. The summed E-state index contributed by atoms with van der Waals surface area (Å²) in [5.74, 6) is -0.0250. The molecular formula is C20H29NO4. The lowest BCUT2D eigenvalue weighted by atomic mass is 9.90. The van der Waals surface area contributed by atoms with Crippen LogP contribution >= 0.6 is 0 Å². The number of likely N-dealkylation sites (tertiary alicyclic amines) is 1. The number of unbranched alkanes of at least 4 members (excludes halogenated alkanes) is 1. The van der Waals surface area contributed by atoms with Gasteiger partial charge in [0.05, 0.1) is 12.5 Å². The summed E-state index contributed by atoms with van der Waals surface area (Å²) in [4.78, 5) is 25.3. The van der Waals surface area contributed by atoms with Crippen molar-refractivity contribution in [1.82, 2.24) is 4.90 Å². The summed E-state index contributed by atoms with van der Waals surface area (Å²) in [7, 11) is 0. The van der Waals surface area contributed by atoms with E-state index in [1.807, 2.05) is 32.9 Å². The van der Waals surface area contributed by atoms with Gasteiger partial charge in [0.1, 0.15) is 5.75 Å². The molecular weight excluding hydrogens is 318 g/mol. The van der Waals surface area contributed by atoms with Gasteiger partial charge in [-0.3, -0.25) is 9.59 Å². The molecule has 1 aliphatic heterocycles. The monoisotopic (exact) mass is 347 g/mol. The summed E-state index contributed by atoms with van der Waals surface area (Å²) in [5, 5.41) is 9.20. The zero-order chi connectivity index (χ0) is 18.4. The van der Waals surface area contributed by atoms with Crippen molar-refractivity contribution < 1.29 is 19.4 Å². The molecule has 5 heteroatoms. The van der Waals surface area contributed by atoms with Crippen LogP contribution in [0.1, 0.15) is 43.7 Å². The lowest BCUT2D eigenvalue weighted by molar-refractivity contribution is -0.146. The van der Waals surface area contributed by atoms with E-state index in [0.29, 0.717) is 32.5 Å². The Bertz CT molecular complexity index is 614. The molecule has 1 aromatic rings. The minimum Gasteiger partial charge on any atom is -0.493 e. The molecule has 2 unspecified atom stereocenters. The number of carbonyl (C=O) groups is 2. The fourth-order valence-electron chi connectivity index (χ4n) is 3.32. The number of carboxylic acids is 1. The lowest BCUT2D eigenvalue weighted by Gasteiger charge is -2.34. The summed E-state index contributed by atoms with van der Waals surface area (Å²) >= 11 is 0. The van der Waals surface area contributed by atoms with Crippen LogP contribution in [0.2, 0.25) is 0 Å². The summed E-state index contributed by atoms with van der Waals surface area (Å²) < 4.78 is 5.81. The zero-order valence-electron chi connectivity index (χ0n) is 15.5. The van der Waals surface area contributed by atoms with Gasteiger partial charge in [0, 0.05) is 19.5 Å². The van der Waals surface area contributed by atoms with E-state index in [4.69, 9.17) is 4.74 Å². The Kier molecular flexibility index (Phi) is 6.85. The number of rotatable bonds is 7. The van der Waals surface area contributed by atoms with E-state index in [1.54, 1.807) is 4.90 Å². The van der Waals surface area contributed by atoms with Gasteiger partial charge in [0.25, 0.3) is 0 Å². The predicted octanol–water partition coefficient (Wildman–Crippen LogP) is 3.42. The van der Waals surface area contributed by atoms with Crippen molar-refractivity contribution in [2.75, 3.05) is 19.7 Å². The second kappa shape index (κ2) is 8.88. The van der Waals surface area contributed by atoms with Crippen LogP contribution in [0, 0.1) is 25.7 Å². The number of ether oxygens (including phenoxy) is 1. The molecule has 1 heterocycles. The molecule has 5 nitrogen and oxygen atoms in total. The van der Waals surface area contributed by atoms with Crippen molar-refractivity contribution in [3.63, 3.8) is 0 Å². The zero-order valence-corrected chi connectivity index (χ0v) is 15.5. The first-order chi connectivity index (χ1) is 11.9. The third-order valence-corrected chi connectivity index (χ3v) is 4.75. The van der Waals surface area contributed by atoms with Crippen LogP contribution in [0.25, 0.3) is 0 Å². The number of nitrogens with zero attached hydrogens (tertiary/aromatic N) is 1. The molecule has 0 aromatic heterocycles. The number of piperidine rings is 1. The highest BCUT2D eigenvalue weighted by Gasteiger charge is 2.31. The number of hydrogen-bond acceptors (Lipinski definition) is 3. The molecule has 0 spiro atoms. The average Bonchev–Trinajstić information content (AvgIpc) is 2.56. The van der Waals surface area contributed by atoms with E-state index in [0.717, 1.165) is 24.2 Å². The van der Waals surface area contributed by atoms with E-state index in [-0.39, 0.29) is 11.8 Å². The molecule has 138 valence electrons. The smallest absolute Gasteiger partial charge is 0.308 e. The fourth-order valence-corrected chi connectivity index (χ4v) is 3.32. The van der Waals surface area contributed by atoms with Gasteiger partial charge in [-0.25, -0.2) is 0 Å². The van der Waals surface area contributed by atoms with Gasteiger partial charge in [-0.15, -0.1) is 0 Å². The molecule has 1 amide bonds.